The van der Waals surface area contributed by atoms with Crippen LogP contribution in [0.25, 0.3) is 16.7 Å². The van der Waals surface area contributed by atoms with E-state index in [0.29, 0.717) is 54.5 Å². The van der Waals surface area contributed by atoms with Gasteiger partial charge < -0.3 is 19.3 Å². The second-order valence-corrected chi connectivity index (χ2v) is 12.1. The van der Waals surface area contributed by atoms with E-state index in [9.17, 15) is 13.2 Å². The summed E-state index contributed by atoms with van der Waals surface area (Å²) >= 11 is 0. The van der Waals surface area contributed by atoms with Gasteiger partial charge in [-0.15, -0.1) is 0 Å². The van der Waals surface area contributed by atoms with Gasteiger partial charge >= 0.3 is 6.09 Å². The Kier molecular flexibility index (Phi) is 6.82. The quantitative estimate of drug-likeness (QED) is 0.504. The zero-order valence-corrected chi connectivity index (χ0v) is 22.2. The van der Waals surface area contributed by atoms with Crippen LogP contribution in [0.5, 0.6) is 5.88 Å². The molecule has 36 heavy (non-hydrogen) atoms. The monoisotopic (exact) mass is 516 g/mol. The van der Waals surface area contributed by atoms with Crippen LogP contribution >= 0.6 is 0 Å². The number of piperidine rings is 1. The first kappa shape index (κ1) is 25.7. The number of ether oxygens (including phenoxy) is 2. The first-order valence-electron chi connectivity index (χ1n) is 11.7. The minimum atomic E-state index is -3.30. The van der Waals surface area contributed by atoms with Crippen LogP contribution in [0.4, 0.5) is 10.7 Å². The first-order valence-corrected chi connectivity index (χ1v) is 13.6. The molecule has 0 N–H and O–H groups in total. The summed E-state index contributed by atoms with van der Waals surface area (Å²) in [6, 6.07) is 6.46. The van der Waals surface area contributed by atoms with Crippen molar-refractivity contribution >= 4 is 32.9 Å². The molecule has 0 unspecified atom stereocenters. The number of amides is 1. The van der Waals surface area contributed by atoms with Crippen LogP contribution in [0.1, 0.15) is 33.6 Å². The molecule has 194 valence electrons. The van der Waals surface area contributed by atoms with Crippen LogP contribution in [-0.4, -0.2) is 84.3 Å². The number of likely N-dealkylation sites (tertiary alicyclic amines) is 1. The lowest BCUT2D eigenvalue weighted by Gasteiger charge is -2.33. The summed E-state index contributed by atoms with van der Waals surface area (Å²) in [6.45, 7) is 6.61. The Labute approximate surface area is 210 Å². The number of hydrogen-bond acceptors (Lipinski definition) is 9. The molecule has 1 saturated heterocycles. The van der Waals surface area contributed by atoms with E-state index in [0.717, 1.165) is 0 Å². The Balaban J connectivity index is 1.58. The van der Waals surface area contributed by atoms with Crippen molar-refractivity contribution < 1.29 is 22.7 Å². The van der Waals surface area contributed by atoms with Gasteiger partial charge in [0.05, 0.1) is 16.8 Å². The molecule has 0 saturated carbocycles. The molecule has 3 aromatic rings. The Morgan fingerprint density at radius 3 is 2.28 bits per heavy atom. The van der Waals surface area contributed by atoms with Crippen molar-refractivity contribution in [2.45, 2.75) is 50.2 Å². The van der Waals surface area contributed by atoms with Gasteiger partial charge in [0.15, 0.2) is 15.5 Å². The molecular formula is C24H32N6O5S. The average molecular weight is 517 g/mol. The number of sulfone groups is 1. The highest BCUT2D eigenvalue weighted by atomic mass is 32.2. The second-order valence-electron chi connectivity index (χ2n) is 10.1. The predicted molar refractivity (Wildman–Crippen MR) is 136 cm³/mol. The molecule has 12 heteroatoms. The summed E-state index contributed by atoms with van der Waals surface area (Å²) in [7, 11) is 0.373. The third kappa shape index (κ3) is 5.69. The Hall–Kier alpha value is -3.41. The molecule has 1 aliphatic rings. The highest BCUT2D eigenvalue weighted by molar-refractivity contribution is 7.90. The van der Waals surface area contributed by atoms with Crippen molar-refractivity contribution in [3.8, 4) is 11.6 Å². The van der Waals surface area contributed by atoms with Crippen LogP contribution in [-0.2, 0) is 14.6 Å². The molecule has 1 amide bonds. The van der Waals surface area contributed by atoms with E-state index in [1.807, 2.05) is 34.9 Å². The van der Waals surface area contributed by atoms with Crippen LogP contribution < -0.4 is 9.64 Å². The fraction of sp³-hybridized carbons (Fsp3) is 0.500. The molecule has 0 atom stereocenters. The fourth-order valence-corrected chi connectivity index (χ4v) is 4.46. The Morgan fingerprint density at radius 1 is 1.08 bits per heavy atom. The van der Waals surface area contributed by atoms with E-state index in [2.05, 4.69) is 15.1 Å². The number of carbonyl (C=O) groups excluding carboxylic acids is 1. The second kappa shape index (κ2) is 9.57. The van der Waals surface area contributed by atoms with E-state index in [1.54, 1.807) is 44.9 Å². The van der Waals surface area contributed by atoms with Crippen molar-refractivity contribution in [1.82, 2.24) is 24.6 Å². The van der Waals surface area contributed by atoms with Gasteiger partial charge in [0.2, 0.25) is 11.8 Å². The molecule has 1 aromatic carbocycles. The molecule has 0 spiro atoms. The van der Waals surface area contributed by atoms with Crippen molar-refractivity contribution in [3.05, 3.63) is 30.5 Å². The number of hydrogen-bond donors (Lipinski definition) is 0. The van der Waals surface area contributed by atoms with Crippen molar-refractivity contribution in [1.29, 1.82) is 0 Å². The van der Waals surface area contributed by atoms with E-state index in [1.165, 1.54) is 6.26 Å². The largest absolute Gasteiger partial charge is 0.474 e. The average Bonchev–Trinajstić information content (AvgIpc) is 3.22. The van der Waals surface area contributed by atoms with Crippen LogP contribution in [0.2, 0.25) is 0 Å². The molecule has 1 aliphatic heterocycles. The van der Waals surface area contributed by atoms with Gasteiger partial charge in [0.25, 0.3) is 0 Å². The molecule has 4 rings (SSSR count). The lowest BCUT2D eigenvalue weighted by atomic mass is 10.1. The number of aromatic nitrogens is 4. The van der Waals surface area contributed by atoms with E-state index in [4.69, 9.17) is 9.47 Å². The predicted octanol–water partition coefficient (Wildman–Crippen LogP) is 3.06. The maximum absolute atomic E-state index is 12.4. The topological polar surface area (TPSA) is 120 Å². The number of fused-ring (bicyclic) bond motifs is 1. The maximum atomic E-state index is 12.4. The first-order chi connectivity index (χ1) is 16.8. The van der Waals surface area contributed by atoms with Crippen LogP contribution in [0, 0.1) is 0 Å². The summed E-state index contributed by atoms with van der Waals surface area (Å²) in [4.78, 5) is 25.3. The molecule has 0 radical (unpaired) electrons. The fourth-order valence-electron chi connectivity index (χ4n) is 3.83. The van der Waals surface area contributed by atoms with Crippen molar-refractivity contribution in [3.63, 3.8) is 0 Å². The minimum Gasteiger partial charge on any atom is -0.474 e. The normalized spacial score (nSPS) is 15.2. The third-order valence-corrected chi connectivity index (χ3v) is 6.79. The molecule has 0 aliphatic carbocycles. The van der Waals surface area contributed by atoms with Gasteiger partial charge in [0, 0.05) is 46.3 Å². The van der Waals surface area contributed by atoms with Crippen molar-refractivity contribution in [2.24, 2.45) is 0 Å². The zero-order chi connectivity index (χ0) is 26.3. The summed E-state index contributed by atoms with van der Waals surface area (Å²) in [5.74, 6) is 0.872. The number of benzene rings is 1. The van der Waals surface area contributed by atoms with E-state index < -0.39 is 15.4 Å². The summed E-state index contributed by atoms with van der Waals surface area (Å²) in [6.07, 6.45) is 3.65. The van der Waals surface area contributed by atoms with Crippen LogP contribution in [0.3, 0.4) is 0 Å². The highest BCUT2D eigenvalue weighted by Gasteiger charge is 2.29. The molecule has 3 heterocycles. The summed E-state index contributed by atoms with van der Waals surface area (Å²) < 4.78 is 37.1. The molecule has 2 aromatic heterocycles. The van der Waals surface area contributed by atoms with Gasteiger partial charge in [-0.25, -0.2) is 17.9 Å². The van der Waals surface area contributed by atoms with Crippen LogP contribution in [0.15, 0.2) is 35.4 Å². The number of rotatable bonds is 5. The van der Waals surface area contributed by atoms with Gasteiger partial charge in [-0.05, 0) is 45.0 Å². The molecular weight excluding hydrogens is 484 g/mol. The zero-order valence-electron chi connectivity index (χ0n) is 21.4. The number of nitrogens with zero attached hydrogens (tertiary/aromatic N) is 6. The van der Waals surface area contributed by atoms with Gasteiger partial charge in [-0.1, -0.05) is 0 Å². The third-order valence-electron chi connectivity index (χ3n) is 5.66. The smallest absolute Gasteiger partial charge is 0.410 e. The summed E-state index contributed by atoms with van der Waals surface area (Å²) in [5, 5.41) is 5.12. The lowest BCUT2D eigenvalue weighted by Crippen LogP contribution is -2.44. The van der Waals surface area contributed by atoms with Crippen molar-refractivity contribution in [2.75, 3.05) is 38.3 Å². The molecule has 0 bridgehead atoms. The van der Waals surface area contributed by atoms with Gasteiger partial charge in [-0.3, -0.25) is 0 Å². The lowest BCUT2D eigenvalue weighted by molar-refractivity contribution is 0.0124. The van der Waals surface area contributed by atoms with Gasteiger partial charge in [-0.2, -0.15) is 15.1 Å². The Morgan fingerprint density at radius 2 is 1.72 bits per heavy atom. The molecule has 11 nitrogen and oxygen atoms in total. The summed E-state index contributed by atoms with van der Waals surface area (Å²) in [5.41, 5.74) is 0.671. The SMILES string of the molecule is CN(C)c1nc(OC2CCN(C(=O)OC(C)(C)C)CC2)c2cnn(-c3ccc(S(C)(=O)=O)cc3)c2n1. The van der Waals surface area contributed by atoms with Gasteiger partial charge in [0.1, 0.15) is 17.1 Å². The highest BCUT2D eigenvalue weighted by Crippen LogP contribution is 2.29. The number of carbonyl (C=O) groups is 1. The van der Waals surface area contributed by atoms with E-state index >= 15 is 0 Å². The molecule has 1 fully saturated rings. The standard InChI is InChI=1S/C24H32N6O5S/c1-24(2,3)35-23(31)29-13-11-17(12-14-29)34-21-19-15-25-30(20(19)26-22(27-21)28(4)5)16-7-9-18(10-8-16)36(6,32)33/h7-10,15,17H,11-14H2,1-6H3. The van der Waals surface area contributed by atoms with E-state index in [-0.39, 0.29) is 17.1 Å². The minimum absolute atomic E-state index is 0.130. The number of anilines is 1. The maximum Gasteiger partial charge on any atom is 0.410 e. The Bertz CT molecular complexity index is 1350.